The number of carbonyl (C=O) groups is 1. The summed E-state index contributed by atoms with van der Waals surface area (Å²) in [6.07, 6.45) is 0. The lowest BCUT2D eigenvalue weighted by Crippen LogP contribution is -2.13. The van der Waals surface area contributed by atoms with Gasteiger partial charge < -0.3 is 0 Å². The van der Waals surface area contributed by atoms with Gasteiger partial charge in [-0.15, -0.1) is 10.2 Å². The van der Waals surface area contributed by atoms with Crippen LogP contribution < -0.4 is 5.32 Å². The fraction of sp³-hybridized carbons (Fsp3) is 0.357. The van der Waals surface area contributed by atoms with Crippen LogP contribution in [0.15, 0.2) is 24.3 Å². The van der Waals surface area contributed by atoms with Gasteiger partial charge in [-0.2, -0.15) is 0 Å². The minimum absolute atomic E-state index is 0.0523. The lowest BCUT2D eigenvalue weighted by atomic mass is 9.98. The quantitative estimate of drug-likeness (QED) is 0.914. The maximum absolute atomic E-state index is 12.1. The van der Waals surface area contributed by atoms with Crippen molar-refractivity contribution >= 4 is 22.4 Å². The van der Waals surface area contributed by atoms with Gasteiger partial charge in [-0.1, -0.05) is 50.3 Å². The van der Waals surface area contributed by atoms with Gasteiger partial charge in [0.05, 0.1) is 0 Å². The molecule has 1 amide bonds. The van der Waals surface area contributed by atoms with E-state index in [-0.39, 0.29) is 11.3 Å². The summed E-state index contributed by atoms with van der Waals surface area (Å²) in [7, 11) is 0. The van der Waals surface area contributed by atoms with E-state index in [0.29, 0.717) is 10.7 Å². The van der Waals surface area contributed by atoms with Crippen LogP contribution in [0.4, 0.5) is 5.13 Å². The monoisotopic (exact) mass is 275 g/mol. The van der Waals surface area contributed by atoms with E-state index in [2.05, 4.69) is 36.3 Å². The summed E-state index contributed by atoms with van der Waals surface area (Å²) in [6.45, 7) is 8.12. The van der Waals surface area contributed by atoms with E-state index in [0.717, 1.165) is 10.6 Å². The number of amides is 1. The average Bonchev–Trinajstić information content (AvgIpc) is 2.77. The van der Waals surface area contributed by atoms with Gasteiger partial charge in [0.2, 0.25) is 5.13 Å². The van der Waals surface area contributed by atoms with Crippen LogP contribution in [-0.4, -0.2) is 16.1 Å². The van der Waals surface area contributed by atoms with Gasteiger partial charge in [0, 0.05) is 11.0 Å². The Morgan fingerprint density at radius 2 is 1.89 bits per heavy atom. The smallest absolute Gasteiger partial charge is 0.257 e. The predicted molar refractivity (Wildman–Crippen MR) is 77.7 cm³/mol. The maximum Gasteiger partial charge on any atom is 0.257 e. The highest BCUT2D eigenvalue weighted by molar-refractivity contribution is 7.15. The summed E-state index contributed by atoms with van der Waals surface area (Å²) in [5, 5.41) is 12.4. The molecule has 0 saturated carbocycles. The van der Waals surface area contributed by atoms with E-state index in [1.807, 2.05) is 25.1 Å². The molecule has 0 aliphatic rings. The number of aryl methyl sites for hydroxylation is 1. The van der Waals surface area contributed by atoms with E-state index in [1.54, 1.807) is 6.07 Å². The van der Waals surface area contributed by atoms with E-state index in [9.17, 15) is 4.79 Å². The number of nitrogens with one attached hydrogen (secondary N) is 1. The van der Waals surface area contributed by atoms with Crippen LogP contribution in [-0.2, 0) is 5.41 Å². The second-order valence-electron chi connectivity index (χ2n) is 5.43. The van der Waals surface area contributed by atoms with Crippen LogP contribution in [0.5, 0.6) is 0 Å². The molecule has 0 spiro atoms. The molecular weight excluding hydrogens is 258 g/mol. The first-order valence-electron chi connectivity index (χ1n) is 6.09. The van der Waals surface area contributed by atoms with Crippen molar-refractivity contribution in [2.75, 3.05) is 5.32 Å². The molecule has 0 bridgehead atoms. The number of rotatable bonds is 2. The molecule has 2 aromatic rings. The molecule has 1 heterocycles. The van der Waals surface area contributed by atoms with Crippen molar-refractivity contribution in [2.24, 2.45) is 0 Å². The van der Waals surface area contributed by atoms with Gasteiger partial charge in [-0.3, -0.25) is 10.1 Å². The van der Waals surface area contributed by atoms with Crippen LogP contribution in [0.1, 0.15) is 41.7 Å². The maximum atomic E-state index is 12.1. The molecule has 100 valence electrons. The first-order chi connectivity index (χ1) is 8.88. The molecule has 0 saturated heterocycles. The Morgan fingerprint density at radius 3 is 2.47 bits per heavy atom. The summed E-state index contributed by atoms with van der Waals surface area (Å²) in [5.74, 6) is -0.144. The summed E-state index contributed by atoms with van der Waals surface area (Å²) in [6, 6.07) is 7.48. The topological polar surface area (TPSA) is 54.9 Å². The number of carbonyl (C=O) groups excluding carboxylic acids is 1. The normalized spacial score (nSPS) is 11.4. The minimum Gasteiger partial charge on any atom is -0.296 e. The van der Waals surface area contributed by atoms with Crippen molar-refractivity contribution in [3.8, 4) is 0 Å². The fourth-order valence-corrected chi connectivity index (χ4v) is 2.37. The molecule has 1 aromatic heterocycles. The zero-order valence-corrected chi connectivity index (χ0v) is 12.3. The van der Waals surface area contributed by atoms with Crippen LogP contribution >= 0.6 is 11.3 Å². The summed E-state index contributed by atoms with van der Waals surface area (Å²) in [5.41, 5.74) is 1.55. The standard InChI is InChI=1S/C14H17N3OS/c1-9-7-5-6-8-10(9)11(18)15-13-17-16-12(19-13)14(2,3)4/h5-8H,1-4H3,(H,15,17,18). The average molecular weight is 275 g/mol. The van der Waals surface area contributed by atoms with Gasteiger partial charge in [0.15, 0.2) is 0 Å². The third-order valence-corrected chi connectivity index (χ3v) is 3.94. The Morgan fingerprint density at radius 1 is 1.21 bits per heavy atom. The first-order valence-corrected chi connectivity index (χ1v) is 6.90. The Bertz CT molecular complexity index is 599. The molecule has 5 heteroatoms. The second-order valence-corrected chi connectivity index (χ2v) is 6.41. The molecule has 0 aliphatic carbocycles. The summed E-state index contributed by atoms with van der Waals surface area (Å²) < 4.78 is 0. The molecule has 0 unspecified atom stereocenters. The van der Waals surface area contributed by atoms with Gasteiger partial charge in [0.25, 0.3) is 5.91 Å². The molecule has 1 aromatic carbocycles. The lowest BCUT2D eigenvalue weighted by molar-refractivity contribution is 0.102. The number of aromatic nitrogens is 2. The molecule has 0 fully saturated rings. The molecule has 0 atom stereocenters. The van der Waals surface area contributed by atoms with Crippen molar-refractivity contribution < 1.29 is 4.79 Å². The number of hydrogen-bond donors (Lipinski definition) is 1. The van der Waals surface area contributed by atoms with E-state index in [4.69, 9.17) is 0 Å². The van der Waals surface area contributed by atoms with Crippen LogP contribution in [0.2, 0.25) is 0 Å². The van der Waals surface area contributed by atoms with Crippen molar-refractivity contribution in [2.45, 2.75) is 33.1 Å². The molecule has 1 N–H and O–H groups in total. The number of anilines is 1. The fourth-order valence-electron chi connectivity index (χ4n) is 1.57. The number of benzene rings is 1. The molecule has 2 rings (SSSR count). The summed E-state index contributed by atoms with van der Waals surface area (Å²) in [4.78, 5) is 12.1. The molecule has 0 aliphatic heterocycles. The minimum atomic E-state index is -0.144. The van der Waals surface area contributed by atoms with E-state index >= 15 is 0 Å². The lowest BCUT2D eigenvalue weighted by Gasteiger charge is -2.12. The zero-order valence-electron chi connectivity index (χ0n) is 11.5. The van der Waals surface area contributed by atoms with Gasteiger partial charge in [0.1, 0.15) is 5.01 Å². The third kappa shape index (κ3) is 3.17. The SMILES string of the molecule is Cc1ccccc1C(=O)Nc1nnc(C(C)(C)C)s1. The Labute approximate surface area is 116 Å². The number of nitrogens with zero attached hydrogens (tertiary/aromatic N) is 2. The third-order valence-electron chi connectivity index (χ3n) is 2.68. The Balaban J connectivity index is 2.16. The Kier molecular flexibility index (Phi) is 3.66. The first kappa shape index (κ1) is 13.7. The van der Waals surface area contributed by atoms with Gasteiger partial charge >= 0.3 is 0 Å². The highest BCUT2D eigenvalue weighted by Gasteiger charge is 2.20. The molecular formula is C14H17N3OS. The van der Waals surface area contributed by atoms with E-state index in [1.165, 1.54) is 11.3 Å². The second kappa shape index (κ2) is 5.09. The van der Waals surface area contributed by atoms with Crippen molar-refractivity contribution in [1.82, 2.24) is 10.2 Å². The van der Waals surface area contributed by atoms with Gasteiger partial charge in [-0.25, -0.2) is 0 Å². The van der Waals surface area contributed by atoms with Crippen LogP contribution in [0, 0.1) is 6.92 Å². The number of hydrogen-bond acceptors (Lipinski definition) is 4. The van der Waals surface area contributed by atoms with Crippen molar-refractivity contribution in [1.29, 1.82) is 0 Å². The van der Waals surface area contributed by atoms with Crippen LogP contribution in [0.25, 0.3) is 0 Å². The summed E-state index contributed by atoms with van der Waals surface area (Å²) >= 11 is 1.41. The zero-order chi connectivity index (χ0) is 14.0. The van der Waals surface area contributed by atoms with E-state index < -0.39 is 0 Å². The largest absolute Gasteiger partial charge is 0.296 e. The van der Waals surface area contributed by atoms with Crippen molar-refractivity contribution in [3.05, 3.63) is 40.4 Å². The van der Waals surface area contributed by atoms with Gasteiger partial charge in [-0.05, 0) is 18.6 Å². The van der Waals surface area contributed by atoms with Crippen LogP contribution in [0.3, 0.4) is 0 Å². The predicted octanol–water partition coefficient (Wildman–Crippen LogP) is 3.40. The molecule has 4 nitrogen and oxygen atoms in total. The highest BCUT2D eigenvalue weighted by atomic mass is 32.1. The Hall–Kier alpha value is -1.75. The molecule has 19 heavy (non-hydrogen) atoms. The van der Waals surface area contributed by atoms with Crippen molar-refractivity contribution in [3.63, 3.8) is 0 Å². The molecule has 0 radical (unpaired) electrons. The highest BCUT2D eigenvalue weighted by Crippen LogP contribution is 2.27.